The number of benzene rings is 2. The van der Waals surface area contributed by atoms with E-state index in [1.165, 1.54) is 7.11 Å². The van der Waals surface area contributed by atoms with Gasteiger partial charge in [-0.1, -0.05) is 25.5 Å². The Morgan fingerprint density at radius 1 is 1.08 bits per heavy atom. The lowest BCUT2D eigenvalue weighted by molar-refractivity contribution is -0.143. The lowest BCUT2D eigenvalue weighted by Crippen LogP contribution is -2.48. The second kappa shape index (κ2) is 12.8. The highest BCUT2D eigenvalue weighted by molar-refractivity contribution is 6.01. The van der Waals surface area contributed by atoms with Gasteiger partial charge in [0.25, 0.3) is 0 Å². The first-order valence-electron chi connectivity index (χ1n) is 12.6. The quantitative estimate of drug-likeness (QED) is 0.356. The standard InChI is InChI=1S/C28H36N4O6/c1-7-8-14-32-18(4)24(26(33)38-17(2)3)25(31-28(32)35)19-10-9-11-20(15-19)29-27(34)30-22-13-12-21(36-5)16-23(22)37-6/h9-13,15-17,25H,7-8,14H2,1-6H3,(H,31,35)(H2,29,30,34). The summed E-state index contributed by atoms with van der Waals surface area (Å²) in [6.45, 7) is 7.85. The number of unbranched alkanes of at least 4 members (excludes halogenated alkanes) is 1. The third kappa shape index (κ3) is 6.76. The second-order valence-electron chi connectivity index (χ2n) is 9.11. The lowest BCUT2D eigenvalue weighted by atomic mass is 9.94. The molecule has 4 amide bonds. The van der Waals surface area contributed by atoms with Crippen LogP contribution >= 0.6 is 0 Å². The van der Waals surface area contributed by atoms with Crippen LogP contribution in [0.2, 0.25) is 0 Å². The van der Waals surface area contributed by atoms with Crippen LogP contribution < -0.4 is 25.4 Å². The Kier molecular flexibility index (Phi) is 9.59. The zero-order valence-electron chi connectivity index (χ0n) is 22.7. The number of anilines is 2. The first kappa shape index (κ1) is 28.4. The molecule has 3 rings (SSSR count). The molecular weight excluding hydrogens is 488 g/mol. The molecule has 0 radical (unpaired) electrons. The molecule has 1 unspecified atom stereocenters. The highest BCUT2D eigenvalue weighted by Gasteiger charge is 2.36. The molecule has 0 spiro atoms. The highest BCUT2D eigenvalue weighted by atomic mass is 16.5. The predicted molar refractivity (Wildman–Crippen MR) is 145 cm³/mol. The van der Waals surface area contributed by atoms with Crippen LogP contribution in [-0.4, -0.2) is 49.8 Å². The molecule has 204 valence electrons. The first-order chi connectivity index (χ1) is 18.2. The van der Waals surface area contributed by atoms with Crippen molar-refractivity contribution in [3.8, 4) is 11.5 Å². The summed E-state index contributed by atoms with van der Waals surface area (Å²) >= 11 is 0. The van der Waals surface area contributed by atoms with Gasteiger partial charge in [0.2, 0.25) is 0 Å². The van der Waals surface area contributed by atoms with Gasteiger partial charge in [0.05, 0.1) is 37.6 Å². The van der Waals surface area contributed by atoms with E-state index in [0.29, 0.717) is 46.3 Å². The van der Waals surface area contributed by atoms with Crippen LogP contribution in [0.5, 0.6) is 11.5 Å². The van der Waals surface area contributed by atoms with Gasteiger partial charge in [-0.3, -0.25) is 4.90 Å². The number of esters is 1. The van der Waals surface area contributed by atoms with Crippen LogP contribution in [0.1, 0.15) is 52.1 Å². The van der Waals surface area contributed by atoms with Crippen molar-refractivity contribution in [2.45, 2.75) is 52.7 Å². The van der Waals surface area contributed by atoms with Crippen molar-refractivity contribution >= 4 is 29.4 Å². The smallest absolute Gasteiger partial charge is 0.338 e. The van der Waals surface area contributed by atoms with E-state index in [4.69, 9.17) is 14.2 Å². The summed E-state index contributed by atoms with van der Waals surface area (Å²) < 4.78 is 16.1. The topological polar surface area (TPSA) is 118 Å². The summed E-state index contributed by atoms with van der Waals surface area (Å²) in [6.07, 6.45) is 1.39. The van der Waals surface area contributed by atoms with Crippen molar-refractivity contribution in [2.24, 2.45) is 0 Å². The number of hydrogen-bond acceptors (Lipinski definition) is 6. The molecule has 0 saturated carbocycles. The van der Waals surface area contributed by atoms with Crippen LogP contribution in [0, 0.1) is 0 Å². The fourth-order valence-electron chi connectivity index (χ4n) is 4.14. The number of rotatable bonds is 10. The summed E-state index contributed by atoms with van der Waals surface area (Å²) in [5.41, 5.74) is 2.48. The van der Waals surface area contributed by atoms with E-state index in [0.717, 1.165) is 12.8 Å². The van der Waals surface area contributed by atoms with Gasteiger partial charge in [-0.2, -0.15) is 0 Å². The van der Waals surface area contributed by atoms with Crippen LogP contribution in [0.25, 0.3) is 0 Å². The maximum absolute atomic E-state index is 13.1. The van der Waals surface area contributed by atoms with Crippen molar-refractivity contribution < 1.29 is 28.6 Å². The van der Waals surface area contributed by atoms with Gasteiger partial charge < -0.3 is 30.2 Å². The number of carbonyl (C=O) groups is 3. The molecule has 0 aromatic heterocycles. The fourth-order valence-corrected chi connectivity index (χ4v) is 4.14. The van der Waals surface area contributed by atoms with E-state index in [1.54, 1.807) is 75.2 Å². The molecule has 1 atom stereocenters. The number of ether oxygens (including phenoxy) is 3. The SMILES string of the molecule is CCCCN1C(=O)NC(c2cccc(NC(=O)Nc3ccc(OC)cc3OC)c2)C(C(=O)OC(C)C)=C1C. The van der Waals surface area contributed by atoms with Crippen molar-refractivity contribution in [3.63, 3.8) is 0 Å². The number of carbonyl (C=O) groups excluding carboxylic acids is 3. The summed E-state index contributed by atoms with van der Waals surface area (Å²) in [6, 6.07) is 10.5. The summed E-state index contributed by atoms with van der Waals surface area (Å²) in [7, 11) is 3.05. The average molecular weight is 525 g/mol. The van der Waals surface area contributed by atoms with Gasteiger partial charge in [0.15, 0.2) is 0 Å². The Bertz CT molecular complexity index is 1210. The van der Waals surface area contributed by atoms with Crippen molar-refractivity contribution in [3.05, 3.63) is 59.3 Å². The largest absolute Gasteiger partial charge is 0.497 e. The summed E-state index contributed by atoms with van der Waals surface area (Å²) in [5.74, 6) is 0.546. The second-order valence-corrected chi connectivity index (χ2v) is 9.11. The van der Waals surface area contributed by atoms with E-state index in [-0.39, 0.29) is 12.1 Å². The average Bonchev–Trinajstić information content (AvgIpc) is 2.88. The normalized spacial score (nSPS) is 15.2. The molecule has 0 aliphatic carbocycles. The Hall–Kier alpha value is -4.21. The Morgan fingerprint density at radius 3 is 2.50 bits per heavy atom. The minimum absolute atomic E-state index is 0.287. The zero-order valence-corrected chi connectivity index (χ0v) is 22.7. The molecule has 0 fully saturated rings. The molecule has 0 saturated heterocycles. The van der Waals surface area contributed by atoms with E-state index >= 15 is 0 Å². The minimum Gasteiger partial charge on any atom is -0.497 e. The van der Waals surface area contributed by atoms with Crippen LogP contribution in [0.3, 0.4) is 0 Å². The maximum Gasteiger partial charge on any atom is 0.338 e. The monoisotopic (exact) mass is 524 g/mol. The minimum atomic E-state index is -0.738. The number of allylic oxidation sites excluding steroid dienone is 1. The maximum atomic E-state index is 13.1. The van der Waals surface area contributed by atoms with Crippen molar-refractivity contribution in [1.29, 1.82) is 0 Å². The van der Waals surface area contributed by atoms with Gasteiger partial charge >= 0.3 is 18.0 Å². The number of urea groups is 2. The van der Waals surface area contributed by atoms with Gasteiger partial charge in [-0.05, 0) is 57.0 Å². The lowest BCUT2D eigenvalue weighted by Gasteiger charge is -2.35. The van der Waals surface area contributed by atoms with Gasteiger partial charge in [0.1, 0.15) is 11.5 Å². The van der Waals surface area contributed by atoms with Crippen molar-refractivity contribution in [1.82, 2.24) is 10.2 Å². The molecule has 38 heavy (non-hydrogen) atoms. The van der Waals surface area contributed by atoms with E-state index in [9.17, 15) is 14.4 Å². The molecular formula is C28H36N4O6. The van der Waals surface area contributed by atoms with Crippen molar-refractivity contribution in [2.75, 3.05) is 31.4 Å². The van der Waals surface area contributed by atoms with Gasteiger partial charge in [0, 0.05) is 24.0 Å². The molecule has 1 aliphatic rings. The number of amides is 4. The fraction of sp³-hybridized carbons (Fsp3) is 0.393. The molecule has 0 bridgehead atoms. The van der Waals surface area contributed by atoms with Crippen LogP contribution in [0.15, 0.2) is 53.7 Å². The number of nitrogens with one attached hydrogen (secondary N) is 3. The first-order valence-corrected chi connectivity index (χ1v) is 12.6. The molecule has 1 heterocycles. The molecule has 3 N–H and O–H groups in total. The number of hydrogen-bond donors (Lipinski definition) is 3. The van der Waals surface area contributed by atoms with E-state index in [1.807, 2.05) is 6.92 Å². The third-order valence-electron chi connectivity index (χ3n) is 6.03. The molecule has 1 aliphatic heterocycles. The third-order valence-corrected chi connectivity index (χ3v) is 6.03. The zero-order chi connectivity index (χ0) is 27.8. The van der Waals surface area contributed by atoms with E-state index in [2.05, 4.69) is 16.0 Å². The number of nitrogens with zero attached hydrogens (tertiary/aromatic N) is 1. The van der Waals surface area contributed by atoms with Crippen LogP contribution in [0.4, 0.5) is 21.0 Å². The molecule has 2 aromatic rings. The number of methoxy groups -OCH3 is 2. The highest BCUT2D eigenvalue weighted by Crippen LogP contribution is 2.33. The van der Waals surface area contributed by atoms with E-state index < -0.39 is 18.0 Å². The Balaban J connectivity index is 1.87. The molecule has 10 heteroatoms. The molecule has 10 nitrogen and oxygen atoms in total. The van der Waals surface area contributed by atoms with Crippen LogP contribution in [-0.2, 0) is 9.53 Å². The molecule has 2 aromatic carbocycles. The van der Waals surface area contributed by atoms with Gasteiger partial charge in [-0.25, -0.2) is 14.4 Å². The summed E-state index contributed by atoms with van der Waals surface area (Å²) in [4.78, 5) is 40.5. The summed E-state index contributed by atoms with van der Waals surface area (Å²) in [5, 5.41) is 8.49. The Morgan fingerprint density at radius 2 is 1.84 bits per heavy atom. The van der Waals surface area contributed by atoms with Gasteiger partial charge in [-0.15, -0.1) is 0 Å². The Labute approximate surface area is 223 Å². The predicted octanol–water partition coefficient (Wildman–Crippen LogP) is 5.44.